The maximum atomic E-state index is 13.3. The van der Waals surface area contributed by atoms with E-state index in [0.717, 1.165) is 0 Å². The number of benzene rings is 1. The zero-order valence-corrected chi connectivity index (χ0v) is 17.8. The second kappa shape index (κ2) is 8.08. The Kier molecular flexibility index (Phi) is 5.67. The van der Waals surface area contributed by atoms with E-state index >= 15 is 0 Å². The summed E-state index contributed by atoms with van der Waals surface area (Å²) in [5.41, 5.74) is 1.13. The minimum absolute atomic E-state index is 0.0603. The van der Waals surface area contributed by atoms with Gasteiger partial charge in [0.15, 0.2) is 15.0 Å². The quantitative estimate of drug-likeness (QED) is 0.676. The van der Waals surface area contributed by atoms with Crippen LogP contribution in [0.3, 0.4) is 0 Å². The Morgan fingerprint density at radius 3 is 2.45 bits per heavy atom. The van der Waals surface area contributed by atoms with Crippen molar-refractivity contribution in [3.8, 4) is 5.69 Å². The Hall–Kier alpha value is -1.91. The van der Waals surface area contributed by atoms with Crippen LogP contribution in [-0.4, -0.2) is 83.7 Å². The van der Waals surface area contributed by atoms with E-state index in [1.165, 1.54) is 23.9 Å². The highest BCUT2D eigenvalue weighted by molar-refractivity contribution is 7.98. The number of amides is 1. The van der Waals surface area contributed by atoms with Gasteiger partial charge in [0.05, 0.1) is 17.7 Å². The molecule has 2 saturated heterocycles. The zero-order valence-electron chi connectivity index (χ0n) is 16.1. The molecule has 1 aromatic heterocycles. The number of imidazole rings is 1. The van der Waals surface area contributed by atoms with Crippen molar-refractivity contribution in [2.75, 3.05) is 43.9 Å². The van der Waals surface area contributed by atoms with Crippen molar-refractivity contribution in [2.45, 2.75) is 17.6 Å². The number of piperazine rings is 1. The molecule has 0 N–H and O–H groups in total. The molecule has 0 aliphatic carbocycles. The first kappa shape index (κ1) is 20.4. The number of aromatic nitrogens is 2. The molecular formula is C19H23FN4O3S2. The number of hydrogen-bond donors (Lipinski definition) is 0. The van der Waals surface area contributed by atoms with Gasteiger partial charge in [0.1, 0.15) is 11.5 Å². The Morgan fingerprint density at radius 1 is 1.17 bits per heavy atom. The van der Waals surface area contributed by atoms with Crippen LogP contribution in [0.5, 0.6) is 0 Å². The van der Waals surface area contributed by atoms with Gasteiger partial charge < -0.3 is 4.90 Å². The topological polar surface area (TPSA) is 75.5 Å². The van der Waals surface area contributed by atoms with E-state index in [1.54, 1.807) is 27.8 Å². The summed E-state index contributed by atoms with van der Waals surface area (Å²) in [6.07, 6.45) is 4.11. The lowest BCUT2D eigenvalue weighted by molar-refractivity contribution is 0.0579. The highest BCUT2D eigenvalue weighted by Gasteiger charge is 2.35. The Morgan fingerprint density at radius 2 is 1.86 bits per heavy atom. The molecule has 0 bridgehead atoms. The Balaban J connectivity index is 1.50. The van der Waals surface area contributed by atoms with E-state index in [1.807, 2.05) is 6.26 Å². The minimum atomic E-state index is -2.92. The summed E-state index contributed by atoms with van der Waals surface area (Å²) in [4.78, 5) is 21.5. The fourth-order valence-corrected chi connectivity index (χ4v) is 6.29. The Labute approximate surface area is 173 Å². The van der Waals surface area contributed by atoms with E-state index in [9.17, 15) is 17.6 Å². The number of carbonyl (C=O) groups excluding carboxylic acids is 1. The zero-order chi connectivity index (χ0) is 20.6. The van der Waals surface area contributed by atoms with Gasteiger partial charge in [-0.25, -0.2) is 17.8 Å². The molecule has 156 valence electrons. The van der Waals surface area contributed by atoms with Crippen molar-refractivity contribution in [2.24, 2.45) is 0 Å². The summed E-state index contributed by atoms with van der Waals surface area (Å²) < 4.78 is 38.6. The summed E-state index contributed by atoms with van der Waals surface area (Å²) in [7, 11) is -2.92. The summed E-state index contributed by atoms with van der Waals surface area (Å²) >= 11 is 1.42. The number of thioether (sulfide) groups is 1. The second-order valence-electron chi connectivity index (χ2n) is 7.33. The van der Waals surface area contributed by atoms with Gasteiger partial charge in [0.2, 0.25) is 0 Å². The largest absolute Gasteiger partial charge is 0.335 e. The van der Waals surface area contributed by atoms with Crippen LogP contribution in [0.4, 0.5) is 4.39 Å². The maximum absolute atomic E-state index is 13.3. The highest BCUT2D eigenvalue weighted by Crippen LogP contribution is 2.24. The number of carbonyl (C=O) groups is 1. The molecule has 10 heteroatoms. The number of sulfone groups is 1. The van der Waals surface area contributed by atoms with Crippen molar-refractivity contribution < 1.29 is 17.6 Å². The molecule has 3 heterocycles. The van der Waals surface area contributed by atoms with Gasteiger partial charge in [-0.05, 0) is 36.9 Å². The van der Waals surface area contributed by atoms with Crippen molar-refractivity contribution in [1.82, 2.24) is 19.4 Å². The SMILES string of the molecule is CSc1ncc(C(=O)N2CCN(C3CCS(=O)(=O)C3)CC2)n1-c1ccc(F)cc1. The molecular weight excluding hydrogens is 415 g/mol. The lowest BCUT2D eigenvalue weighted by atomic mass is 10.2. The normalized spacial score (nSPS) is 22.1. The van der Waals surface area contributed by atoms with Crippen molar-refractivity contribution >= 4 is 27.5 Å². The average molecular weight is 439 g/mol. The molecule has 7 nitrogen and oxygen atoms in total. The van der Waals surface area contributed by atoms with E-state index in [-0.39, 0.29) is 29.3 Å². The molecule has 1 atom stereocenters. The molecule has 4 rings (SSSR count). The first-order valence-corrected chi connectivity index (χ1v) is 12.5. The fraction of sp³-hybridized carbons (Fsp3) is 0.474. The third-order valence-corrected chi connectivity index (χ3v) is 7.95. The van der Waals surface area contributed by atoms with Crippen molar-refractivity contribution in [3.63, 3.8) is 0 Å². The van der Waals surface area contributed by atoms with E-state index < -0.39 is 9.84 Å². The summed E-state index contributed by atoms with van der Waals surface area (Å²) in [5.74, 6) is 0.0128. The van der Waals surface area contributed by atoms with E-state index in [0.29, 0.717) is 49.1 Å². The average Bonchev–Trinajstić information content (AvgIpc) is 3.31. The van der Waals surface area contributed by atoms with Crippen molar-refractivity contribution in [1.29, 1.82) is 0 Å². The van der Waals surface area contributed by atoms with Gasteiger partial charge >= 0.3 is 0 Å². The van der Waals surface area contributed by atoms with Gasteiger partial charge in [-0.1, -0.05) is 11.8 Å². The van der Waals surface area contributed by atoms with Crippen molar-refractivity contribution in [3.05, 3.63) is 42.0 Å². The summed E-state index contributed by atoms with van der Waals surface area (Å²) in [5, 5.41) is 0.662. The number of rotatable bonds is 4. The molecule has 1 amide bonds. The highest BCUT2D eigenvalue weighted by atomic mass is 32.2. The van der Waals surface area contributed by atoms with E-state index in [2.05, 4.69) is 9.88 Å². The van der Waals surface area contributed by atoms with Gasteiger partial charge in [0, 0.05) is 37.9 Å². The van der Waals surface area contributed by atoms with Gasteiger partial charge in [-0.2, -0.15) is 0 Å². The van der Waals surface area contributed by atoms with Crippen LogP contribution in [0.1, 0.15) is 16.9 Å². The molecule has 2 fully saturated rings. The van der Waals surface area contributed by atoms with Crippen LogP contribution in [-0.2, 0) is 9.84 Å². The molecule has 1 unspecified atom stereocenters. The van der Waals surface area contributed by atoms with E-state index in [4.69, 9.17) is 0 Å². The first-order valence-electron chi connectivity index (χ1n) is 9.49. The number of nitrogens with zero attached hydrogens (tertiary/aromatic N) is 4. The lowest BCUT2D eigenvalue weighted by Gasteiger charge is -2.37. The summed E-state index contributed by atoms with van der Waals surface area (Å²) in [6, 6.07) is 6.05. The predicted octanol–water partition coefficient (Wildman–Crippen LogP) is 1.68. The second-order valence-corrected chi connectivity index (χ2v) is 10.3. The van der Waals surface area contributed by atoms with Crippen LogP contribution in [0.25, 0.3) is 5.69 Å². The molecule has 2 aromatic rings. The third-order valence-electron chi connectivity index (χ3n) is 5.54. The summed E-state index contributed by atoms with van der Waals surface area (Å²) in [6.45, 7) is 2.40. The first-order chi connectivity index (χ1) is 13.9. The van der Waals surface area contributed by atoms with Gasteiger partial charge in [-0.3, -0.25) is 14.3 Å². The van der Waals surface area contributed by atoms with Crippen LogP contribution in [0, 0.1) is 5.82 Å². The smallest absolute Gasteiger partial charge is 0.272 e. The molecule has 2 aliphatic heterocycles. The lowest BCUT2D eigenvalue weighted by Crippen LogP contribution is -2.52. The molecule has 29 heavy (non-hydrogen) atoms. The van der Waals surface area contributed by atoms with Crippen LogP contribution < -0.4 is 0 Å². The van der Waals surface area contributed by atoms with Crippen LogP contribution in [0.15, 0.2) is 35.6 Å². The monoisotopic (exact) mass is 438 g/mol. The third kappa shape index (κ3) is 4.19. The van der Waals surface area contributed by atoms with Gasteiger partial charge in [0.25, 0.3) is 5.91 Å². The molecule has 0 radical (unpaired) electrons. The predicted molar refractivity (Wildman–Crippen MR) is 110 cm³/mol. The standard InChI is InChI=1S/C19H23FN4O3S2/c1-28-19-21-12-17(24(19)15-4-2-14(20)3-5-15)18(25)23-9-7-22(8-10-23)16-6-11-29(26,27)13-16/h2-5,12,16H,6-11,13H2,1H3. The van der Waals surface area contributed by atoms with Crippen LogP contribution in [0.2, 0.25) is 0 Å². The number of halogens is 1. The Bertz CT molecular complexity index is 999. The molecule has 2 aliphatic rings. The molecule has 0 spiro atoms. The maximum Gasteiger partial charge on any atom is 0.272 e. The number of hydrogen-bond acceptors (Lipinski definition) is 6. The minimum Gasteiger partial charge on any atom is -0.335 e. The molecule has 1 aromatic carbocycles. The van der Waals surface area contributed by atoms with Crippen LogP contribution >= 0.6 is 11.8 Å². The fourth-order valence-electron chi connectivity index (χ4n) is 3.98. The van der Waals surface area contributed by atoms with Gasteiger partial charge in [-0.15, -0.1) is 0 Å². The molecule has 0 saturated carbocycles.